The Morgan fingerprint density at radius 1 is 0.659 bits per heavy atom. The maximum Gasteiger partial charge on any atom is 0.229 e. The van der Waals surface area contributed by atoms with E-state index in [4.69, 9.17) is 18.9 Å². The van der Waals surface area contributed by atoms with Crippen molar-refractivity contribution in [3.8, 4) is 11.5 Å². The van der Waals surface area contributed by atoms with Crippen molar-refractivity contribution in [3.05, 3.63) is 78.4 Å². The first kappa shape index (κ1) is 31.1. The molecule has 0 unspecified atom stereocenters. The highest BCUT2D eigenvalue weighted by molar-refractivity contribution is 5.53. The van der Waals surface area contributed by atoms with Crippen molar-refractivity contribution in [2.45, 2.75) is 67.3 Å². The van der Waals surface area contributed by atoms with Gasteiger partial charge in [-0.05, 0) is 35.4 Å². The Kier molecular flexibility index (Phi) is 10.5. The van der Waals surface area contributed by atoms with E-state index in [9.17, 15) is 40.9 Å². The van der Waals surface area contributed by atoms with E-state index in [1.807, 2.05) is 12.2 Å². The lowest BCUT2D eigenvalue weighted by atomic mass is 9.97. The molecular formula is C29H36O12. The SMILES string of the molecule is C=C[C@@H](C=Cc1ccc(O[C@@H]2O[C@H](CO)[C@@H](O)[C@@H](O)[C@H]2O)cc1)c1ccc(O[C@@H]2O[C@H](CO)[C@@H](O)[C@@H](O)[C@H]2O)cc1. The van der Waals surface area contributed by atoms with Gasteiger partial charge in [0.1, 0.15) is 60.3 Å². The van der Waals surface area contributed by atoms with E-state index in [1.165, 1.54) is 0 Å². The third-order valence-electron chi connectivity index (χ3n) is 7.10. The summed E-state index contributed by atoms with van der Waals surface area (Å²) in [5.74, 6) is 0.531. The number of ether oxygens (including phenoxy) is 4. The van der Waals surface area contributed by atoms with Gasteiger partial charge < -0.3 is 59.8 Å². The lowest BCUT2D eigenvalue weighted by Gasteiger charge is -2.39. The van der Waals surface area contributed by atoms with Gasteiger partial charge in [0.2, 0.25) is 12.6 Å². The predicted molar refractivity (Wildman–Crippen MR) is 144 cm³/mol. The Hall–Kier alpha value is -2.88. The number of aliphatic hydroxyl groups is 8. The van der Waals surface area contributed by atoms with E-state index in [1.54, 1.807) is 54.6 Å². The number of hydrogen-bond acceptors (Lipinski definition) is 12. The average molecular weight is 577 g/mol. The minimum absolute atomic E-state index is 0.165. The molecule has 0 aromatic heterocycles. The zero-order valence-corrected chi connectivity index (χ0v) is 22.0. The minimum Gasteiger partial charge on any atom is -0.462 e. The third kappa shape index (κ3) is 7.13. The van der Waals surface area contributed by atoms with Crippen molar-refractivity contribution in [2.75, 3.05) is 13.2 Å². The van der Waals surface area contributed by atoms with Crippen LogP contribution in [0.4, 0.5) is 0 Å². The summed E-state index contributed by atoms with van der Waals surface area (Å²) in [6, 6.07) is 13.8. The second-order valence-corrected chi connectivity index (χ2v) is 9.89. The number of aliphatic hydroxyl groups excluding tert-OH is 8. The molecule has 0 radical (unpaired) electrons. The molecule has 2 fully saturated rings. The van der Waals surface area contributed by atoms with Crippen LogP contribution in [0.1, 0.15) is 17.0 Å². The third-order valence-corrected chi connectivity index (χ3v) is 7.10. The Morgan fingerprint density at radius 2 is 1.10 bits per heavy atom. The molecule has 11 atom stereocenters. The standard InChI is InChI=1S/C29H36O12/c1-2-16(17-7-11-19(12-8-17)39-29-27(37)25(35)23(33)21(14-31)41-29)6-3-15-4-9-18(10-5-15)38-28-26(36)24(34)22(32)20(13-30)40-28/h2-12,16,20-37H,1,13-14H2/t16-,20+,21+,22+,23+,24+,25+,26+,27+,28+,29+/m0/s1. The highest BCUT2D eigenvalue weighted by Gasteiger charge is 2.45. The molecule has 12 heteroatoms. The molecule has 0 saturated carbocycles. The van der Waals surface area contributed by atoms with Crippen molar-refractivity contribution in [1.29, 1.82) is 0 Å². The van der Waals surface area contributed by atoms with Crippen molar-refractivity contribution in [1.82, 2.24) is 0 Å². The molecule has 2 saturated heterocycles. The fourth-order valence-electron chi connectivity index (χ4n) is 4.56. The molecular weight excluding hydrogens is 540 g/mol. The van der Waals surface area contributed by atoms with Crippen molar-refractivity contribution in [2.24, 2.45) is 0 Å². The van der Waals surface area contributed by atoms with Crippen LogP contribution in [0.2, 0.25) is 0 Å². The molecule has 2 aromatic rings. The molecule has 8 N–H and O–H groups in total. The van der Waals surface area contributed by atoms with Gasteiger partial charge in [0, 0.05) is 5.92 Å². The van der Waals surface area contributed by atoms with Crippen LogP contribution in [0.3, 0.4) is 0 Å². The fraction of sp³-hybridized carbons (Fsp3) is 0.448. The number of benzene rings is 2. The van der Waals surface area contributed by atoms with Gasteiger partial charge in [-0.3, -0.25) is 0 Å². The topological polar surface area (TPSA) is 199 Å². The minimum atomic E-state index is -1.53. The second-order valence-electron chi connectivity index (χ2n) is 9.89. The van der Waals surface area contributed by atoms with Gasteiger partial charge in [0.05, 0.1) is 13.2 Å². The van der Waals surface area contributed by atoms with E-state index in [0.717, 1.165) is 11.1 Å². The molecule has 0 spiro atoms. The molecule has 0 amide bonds. The van der Waals surface area contributed by atoms with E-state index in [2.05, 4.69) is 6.58 Å². The monoisotopic (exact) mass is 576 g/mol. The Labute approximate surface area is 236 Å². The molecule has 0 aliphatic carbocycles. The van der Waals surface area contributed by atoms with E-state index < -0.39 is 74.6 Å². The number of allylic oxidation sites excluding steroid dienone is 2. The summed E-state index contributed by atoms with van der Waals surface area (Å²) in [4.78, 5) is 0. The molecule has 12 nitrogen and oxygen atoms in total. The maximum atomic E-state index is 10.2. The summed E-state index contributed by atoms with van der Waals surface area (Å²) in [5.41, 5.74) is 1.72. The molecule has 2 aromatic carbocycles. The first-order valence-electron chi connectivity index (χ1n) is 13.1. The summed E-state index contributed by atoms with van der Waals surface area (Å²) in [5, 5.41) is 78.7. The average Bonchev–Trinajstić information content (AvgIpc) is 2.99. The highest BCUT2D eigenvalue weighted by atomic mass is 16.7. The van der Waals surface area contributed by atoms with Crippen molar-refractivity contribution in [3.63, 3.8) is 0 Å². The van der Waals surface area contributed by atoms with Gasteiger partial charge in [0.25, 0.3) is 0 Å². The number of hydrogen-bond donors (Lipinski definition) is 8. The zero-order chi connectivity index (χ0) is 29.7. The normalized spacial score (nSPS) is 34.7. The van der Waals surface area contributed by atoms with Crippen molar-refractivity contribution >= 4 is 6.08 Å². The quantitative estimate of drug-likeness (QED) is 0.161. The zero-order valence-electron chi connectivity index (χ0n) is 22.0. The lowest BCUT2D eigenvalue weighted by Crippen LogP contribution is -2.60. The summed E-state index contributed by atoms with van der Waals surface area (Å²) >= 11 is 0. The second kappa shape index (κ2) is 13.9. The van der Waals surface area contributed by atoms with Gasteiger partial charge in [-0.25, -0.2) is 0 Å². The molecule has 0 bridgehead atoms. The van der Waals surface area contributed by atoms with Gasteiger partial charge in [0.15, 0.2) is 0 Å². The van der Waals surface area contributed by atoms with Gasteiger partial charge in [-0.15, -0.1) is 6.58 Å². The van der Waals surface area contributed by atoms with Crippen LogP contribution >= 0.6 is 0 Å². The van der Waals surface area contributed by atoms with Crippen LogP contribution in [0.15, 0.2) is 67.3 Å². The molecule has 41 heavy (non-hydrogen) atoms. The summed E-state index contributed by atoms with van der Waals surface area (Å²) < 4.78 is 22.0. The first-order valence-corrected chi connectivity index (χ1v) is 13.1. The molecule has 4 rings (SSSR count). The van der Waals surface area contributed by atoms with Crippen LogP contribution < -0.4 is 9.47 Å². The van der Waals surface area contributed by atoms with Crippen LogP contribution in [-0.4, -0.2) is 115 Å². The molecule has 2 aliphatic heterocycles. The van der Waals surface area contributed by atoms with E-state index >= 15 is 0 Å². The highest BCUT2D eigenvalue weighted by Crippen LogP contribution is 2.28. The summed E-state index contributed by atoms with van der Waals surface area (Å²) in [6.07, 6.45) is -8.15. The van der Waals surface area contributed by atoms with Gasteiger partial charge in [-0.2, -0.15) is 0 Å². The van der Waals surface area contributed by atoms with Crippen molar-refractivity contribution < 1.29 is 59.8 Å². The summed E-state index contributed by atoms with van der Waals surface area (Å²) in [6.45, 7) is 2.80. The Balaban J connectivity index is 1.35. The molecule has 224 valence electrons. The van der Waals surface area contributed by atoms with Crippen LogP contribution in [-0.2, 0) is 9.47 Å². The van der Waals surface area contributed by atoms with Crippen LogP contribution in [0.5, 0.6) is 11.5 Å². The van der Waals surface area contributed by atoms with Gasteiger partial charge in [-0.1, -0.05) is 42.5 Å². The Morgan fingerprint density at radius 3 is 1.51 bits per heavy atom. The maximum absolute atomic E-state index is 10.2. The molecule has 2 aliphatic rings. The van der Waals surface area contributed by atoms with Crippen LogP contribution in [0.25, 0.3) is 6.08 Å². The predicted octanol–water partition coefficient (Wildman–Crippen LogP) is -0.973. The van der Waals surface area contributed by atoms with Gasteiger partial charge >= 0.3 is 0 Å². The van der Waals surface area contributed by atoms with Crippen LogP contribution in [0, 0.1) is 0 Å². The van der Waals surface area contributed by atoms with E-state index in [0.29, 0.717) is 11.5 Å². The number of rotatable bonds is 10. The fourth-order valence-corrected chi connectivity index (χ4v) is 4.56. The smallest absolute Gasteiger partial charge is 0.229 e. The largest absolute Gasteiger partial charge is 0.462 e. The summed E-state index contributed by atoms with van der Waals surface area (Å²) in [7, 11) is 0. The van der Waals surface area contributed by atoms with E-state index in [-0.39, 0.29) is 5.92 Å². The molecule has 2 heterocycles. The first-order chi connectivity index (χ1) is 19.7. The lowest BCUT2D eigenvalue weighted by molar-refractivity contribution is -0.277. The Bertz CT molecular complexity index is 1140.